The van der Waals surface area contributed by atoms with Crippen molar-refractivity contribution >= 4 is 17.2 Å². The van der Waals surface area contributed by atoms with Crippen LogP contribution in [0.4, 0.5) is 0 Å². The number of aromatic nitrogens is 3. The van der Waals surface area contributed by atoms with Crippen molar-refractivity contribution in [3.05, 3.63) is 29.0 Å². The summed E-state index contributed by atoms with van der Waals surface area (Å²) in [5.41, 5.74) is 0.712. The van der Waals surface area contributed by atoms with E-state index in [2.05, 4.69) is 25.6 Å². The number of nitrogens with one attached hydrogen (secondary N) is 2. The summed E-state index contributed by atoms with van der Waals surface area (Å²) < 4.78 is 0. The van der Waals surface area contributed by atoms with Gasteiger partial charge >= 0.3 is 0 Å². The van der Waals surface area contributed by atoms with Crippen LogP contribution in [0.15, 0.2) is 18.5 Å². The lowest BCUT2D eigenvalue weighted by Gasteiger charge is -2.03. The molecule has 6 nitrogen and oxygen atoms in total. The summed E-state index contributed by atoms with van der Waals surface area (Å²) in [6, 6.07) is 1.75. The molecule has 2 N–H and O–H groups in total. The third kappa shape index (κ3) is 3.58. The van der Waals surface area contributed by atoms with Crippen LogP contribution in [0.3, 0.4) is 0 Å². The van der Waals surface area contributed by atoms with Gasteiger partial charge in [0.25, 0.3) is 5.91 Å². The molecule has 106 valence electrons. The number of hydrogen-bond donors (Lipinski definition) is 2. The second-order valence-electron chi connectivity index (χ2n) is 4.22. The molecular weight excluding hydrogens is 274 g/mol. The monoisotopic (exact) mass is 291 g/mol. The van der Waals surface area contributed by atoms with Gasteiger partial charge in [0.15, 0.2) is 10.8 Å². The van der Waals surface area contributed by atoms with Crippen LogP contribution in [0.2, 0.25) is 0 Å². The normalized spacial score (nSPS) is 10.5. The summed E-state index contributed by atoms with van der Waals surface area (Å²) in [5.74, 6) is 0.466. The first kappa shape index (κ1) is 14.5. The second-order valence-corrected chi connectivity index (χ2v) is 5.22. The lowest BCUT2D eigenvalue weighted by atomic mass is 10.3. The molecule has 0 saturated heterocycles. The molecule has 0 aliphatic heterocycles. The average Bonchev–Trinajstić information content (AvgIpc) is 2.86. The number of aryl methyl sites for hydroxylation is 1. The molecule has 20 heavy (non-hydrogen) atoms. The number of rotatable bonds is 6. The molecule has 0 atom stereocenters. The van der Waals surface area contributed by atoms with Gasteiger partial charge in [0.05, 0.1) is 5.69 Å². The standard InChI is InChI=1S/C13H17N5OS/c1-9-10(12(19)17-8-3-5-14-2)20-13(18-9)11-15-6-4-7-16-11/h4,6-7,14H,3,5,8H2,1-2H3,(H,17,19). The van der Waals surface area contributed by atoms with Crippen molar-refractivity contribution in [1.82, 2.24) is 25.6 Å². The molecule has 0 bridgehead atoms. The van der Waals surface area contributed by atoms with Crippen LogP contribution in [0.25, 0.3) is 10.8 Å². The van der Waals surface area contributed by atoms with Crippen molar-refractivity contribution < 1.29 is 4.79 Å². The highest BCUT2D eigenvalue weighted by Crippen LogP contribution is 2.24. The van der Waals surface area contributed by atoms with E-state index in [1.807, 2.05) is 14.0 Å². The second kappa shape index (κ2) is 7.06. The molecule has 2 rings (SSSR count). The SMILES string of the molecule is CNCCCNC(=O)c1sc(-c2ncccn2)nc1C. The average molecular weight is 291 g/mol. The maximum atomic E-state index is 12.1. The summed E-state index contributed by atoms with van der Waals surface area (Å²) >= 11 is 1.32. The van der Waals surface area contributed by atoms with Crippen molar-refractivity contribution in [2.75, 3.05) is 20.1 Å². The van der Waals surface area contributed by atoms with Crippen molar-refractivity contribution in [1.29, 1.82) is 0 Å². The van der Waals surface area contributed by atoms with Crippen LogP contribution in [-0.2, 0) is 0 Å². The summed E-state index contributed by atoms with van der Waals surface area (Å²) in [4.78, 5) is 25.4. The van der Waals surface area contributed by atoms with Gasteiger partial charge in [0.2, 0.25) is 0 Å². The van der Waals surface area contributed by atoms with Crippen LogP contribution in [0.1, 0.15) is 21.8 Å². The molecule has 0 unspecified atom stereocenters. The molecule has 0 spiro atoms. The number of thiazole rings is 1. The molecule has 1 amide bonds. The zero-order chi connectivity index (χ0) is 14.4. The number of carbonyl (C=O) groups is 1. The van der Waals surface area contributed by atoms with E-state index < -0.39 is 0 Å². The van der Waals surface area contributed by atoms with Gasteiger partial charge in [0.1, 0.15) is 4.88 Å². The van der Waals surface area contributed by atoms with Gasteiger partial charge in [-0.25, -0.2) is 15.0 Å². The van der Waals surface area contributed by atoms with Crippen LogP contribution >= 0.6 is 11.3 Å². The van der Waals surface area contributed by atoms with E-state index in [9.17, 15) is 4.79 Å². The zero-order valence-electron chi connectivity index (χ0n) is 11.5. The maximum Gasteiger partial charge on any atom is 0.263 e. The lowest BCUT2D eigenvalue weighted by molar-refractivity contribution is 0.0956. The highest BCUT2D eigenvalue weighted by Gasteiger charge is 2.16. The fraction of sp³-hybridized carbons (Fsp3) is 0.385. The van der Waals surface area contributed by atoms with E-state index in [4.69, 9.17) is 0 Å². The Hall–Kier alpha value is -1.86. The molecule has 0 radical (unpaired) electrons. The Morgan fingerprint density at radius 1 is 1.30 bits per heavy atom. The minimum Gasteiger partial charge on any atom is -0.351 e. The Kier molecular flexibility index (Phi) is 5.14. The van der Waals surface area contributed by atoms with Crippen molar-refractivity contribution in [3.63, 3.8) is 0 Å². The van der Waals surface area contributed by atoms with Crippen LogP contribution in [-0.4, -0.2) is 41.0 Å². The van der Waals surface area contributed by atoms with Crippen molar-refractivity contribution in [2.24, 2.45) is 0 Å². The molecule has 2 aromatic rings. The molecule has 2 heterocycles. The fourth-order valence-corrected chi connectivity index (χ4v) is 2.59. The topological polar surface area (TPSA) is 79.8 Å². The summed E-state index contributed by atoms with van der Waals surface area (Å²) in [6.45, 7) is 3.35. The van der Waals surface area contributed by atoms with Gasteiger partial charge in [-0.1, -0.05) is 0 Å². The first-order chi connectivity index (χ1) is 9.72. The molecule has 0 saturated carbocycles. The van der Waals surface area contributed by atoms with Crippen molar-refractivity contribution in [3.8, 4) is 10.8 Å². The summed E-state index contributed by atoms with van der Waals surface area (Å²) in [6.07, 6.45) is 4.22. The van der Waals surface area contributed by atoms with E-state index >= 15 is 0 Å². The Labute approximate surface area is 121 Å². The first-order valence-corrected chi connectivity index (χ1v) is 7.21. The van der Waals surface area contributed by atoms with E-state index in [0.717, 1.165) is 13.0 Å². The van der Waals surface area contributed by atoms with Gasteiger partial charge in [0, 0.05) is 18.9 Å². The minimum atomic E-state index is -0.0849. The largest absolute Gasteiger partial charge is 0.351 e. The molecule has 0 aliphatic rings. The first-order valence-electron chi connectivity index (χ1n) is 6.40. The minimum absolute atomic E-state index is 0.0849. The van der Waals surface area contributed by atoms with Gasteiger partial charge < -0.3 is 10.6 Å². The molecule has 7 heteroatoms. The van der Waals surface area contributed by atoms with Crippen LogP contribution in [0, 0.1) is 6.92 Å². The Morgan fingerprint density at radius 2 is 2.05 bits per heavy atom. The lowest BCUT2D eigenvalue weighted by Crippen LogP contribution is -2.26. The fourth-order valence-electron chi connectivity index (χ4n) is 1.66. The molecule has 2 aromatic heterocycles. The third-order valence-corrected chi connectivity index (χ3v) is 3.80. The Morgan fingerprint density at radius 3 is 2.75 bits per heavy atom. The quantitative estimate of drug-likeness (QED) is 0.783. The van der Waals surface area contributed by atoms with Crippen LogP contribution < -0.4 is 10.6 Å². The molecule has 0 aliphatic carbocycles. The summed E-state index contributed by atoms with van der Waals surface area (Å²) in [7, 11) is 1.89. The van der Waals surface area contributed by atoms with Gasteiger partial charge in [-0.15, -0.1) is 11.3 Å². The third-order valence-electron chi connectivity index (χ3n) is 2.65. The van der Waals surface area contributed by atoms with Gasteiger partial charge in [-0.3, -0.25) is 4.79 Å². The van der Waals surface area contributed by atoms with Gasteiger partial charge in [-0.2, -0.15) is 0 Å². The summed E-state index contributed by atoms with van der Waals surface area (Å²) in [5, 5.41) is 6.60. The van der Waals surface area contributed by atoms with Crippen LogP contribution in [0.5, 0.6) is 0 Å². The highest BCUT2D eigenvalue weighted by atomic mass is 32.1. The number of amides is 1. The molecule has 0 fully saturated rings. The van der Waals surface area contributed by atoms with E-state index in [0.29, 0.717) is 27.9 Å². The number of carbonyl (C=O) groups excluding carboxylic acids is 1. The maximum absolute atomic E-state index is 12.1. The predicted molar refractivity (Wildman–Crippen MR) is 78.8 cm³/mol. The van der Waals surface area contributed by atoms with E-state index in [-0.39, 0.29) is 5.91 Å². The predicted octanol–water partition coefficient (Wildman–Crippen LogP) is 1.25. The Bertz CT molecular complexity index is 569. The van der Waals surface area contributed by atoms with Crippen molar-refractivity contribution in [2.45, 2.75) is 13.3 Å². The van der Waals surface area contributed by atoms with E-state index in [1.165, 1.54) is 11.3 Å². The Balaban J connectivity index is 2.06. The number of nitrogens with zero attached hydrogens (tertiary/aromatic N) is 3. The molecule has 0 aromatic carbocycles. The number of hydrogen-bond acceptors (Lipinski definition) is 6. The van der Waals surface area contributed by atoms with Gasteiger partial charge in [-0.05, 0) is 33.0 Å². The highest BCUT2D eigenvalue weighted by molar-refractivity contribution is 7.17. The zero-order valence-corrected chi connectivity index (χ0v) is 12.3. The van der Waals surface area contributed by atoms with E-state index in [1.54, 1.807) is 18.5 Å². The molecular formula is C13H17N5OS. The smallest absolute Gasteiger partial charge is 0.263 e.